The second kappa shape index (κ2) is 7.88. The van der Waals surface area contributed by atoms with E-state index in [4.69, 9.17) is 16.3 Å². The lowest BCUT2D eigenvalue weighted by Gasteiger charge is -2.34. The van der Waals surface area contributed by atoms with Gasteiger partial charge in [-0.05, 0) is 51.0 Å². The fraction of sp³-hybridized carbons (Fsp3) is 0.556. The van der Waals surface area contributed by atoms with Crippen molar-refractivity contribution < 1.29 is 14.3 Å². The number of ether oxygens (including phenoxy) is 1. The molecule has 1 aromatic carbocycles. The van der Waals surface area contributed by atoms with E-state index in [-0.39, 0.29) is 23.7 Å². The van der Waals surface area contributed by atoms with Crippen LogP contribution in [0.3, 0.4) is 0 Å². The molecule has 2 amide bonds. The van der Waals surface area contributed by atoms with Gasteiger partial charge in [-0.2, -0.15) is 0 Å². The molecular weight excluding hydrogens is 328 g/mol. The highest BCUT2D eigenvalue weighted by Gasteiger charge is 2.30. The number of carbonyl (C=O) groups is 2. The van der Waals surface area contributed by atoms with Crippen molar-refractivity contribution in [2.24, 2.45) is 5.41 Å². The summed E-state index contributed by atoms with van der Waals surface area (Å²) in [6.07, 6.45) is 1.51. The molecule has 0 atom stereocenters. The lowest BCUT2D eigenvalue weighted by molar-refractivity contribution is -0.129. The van der Waals surface area contributed by atoms with Gasteiger partial charge in [0.25, 0.3) is 5.91 Å². The minimum absolute atomic E-state index is 0.0171. The fourth-order valence-electron chi connectivity index (χ4n) is 2.58. The predicted molar refractivity (Wildman–Crippen MR) is 94.6 cm³/mol. The number of rotatable bonds is 5. The Hall–Kier alpha value is -1.75. The number of hydrogen-bond acceptors (Lipinski definition) is 3. The third-order valence-corrected chi connectivity index (χ3v) is 5.07. The maximum atomic E-state index is 12.5. The molecule has 1 saturated heterocycles. The normalized spacial score (nSPS) is 15.9. The van der Waals surface area contributed by atoms with Crippen LogP contribution in [0.1, 0.15) is 37.0 Å². The second-order valence-electron chi connectivity index (χ2n) is 6.79. The lowest BCUT2D eigenvalue weighted by atomic mass is 9.93. The summed E-state index contributed by atoms with van der Waals surface area (Å²) in [4.78, 5) is 26.5. The number of piperidine rings is 1. The van der Waals surface area contributed by atoms with E-state index >= 15 is 0 Å². The van der Waals surface area contributed by atoms with Gasteiger partial charge in [0.2, 0.25) is 5.91 Å². The van der Waals surface area contributed by atoms with Crippen molar-refractivity contribution in [3.05, 3.63) is 29.8 Å². The van der Waals surface area contributed by atoms with Crippen molar-refractivity contribution in [2.45, 2.75) is 32.7 Å². The summed E-state index contributed by atoms with van der Waals surface area (Å²) in [5, 5.41) is 3.05. The molecule has 1 N–H and O–H groups in total. The molecule has 0 spiro atoms. The summed E-state index contributed by atoms with van der Waals surface area (Å²) in [5.41, 5.74) is 0.0824. The molecule has 5 nitrogen and oxygen atoms in total. The highest BCUT2D eigenvalue weighted by molar-refractivity contribution is 6.19. The largest absolute Gasteiger partial charge is 0.497 e. The summed E-state index contributed by atoms with van der Waals surface area (Å²) in [5.74, 6) is 1.00. The third kappa shape index (κ3) is 4.41. The molecule has 1 heterocycles. The highest BCUT2D eigenvalue weighted by Crippen LogP contribution is 2.20. The van der Waals surface area contributed by atoms with E-state index in [0.29, 0.717) is 18.7 Å². The molecule has 0 aromatic heterocycles. The first-order valence-corrected chi connectivity index (χ1v) is 8.71. The number of hydrogen-bond donors (Lipinski definition) is 1. The number of benzene rings is 1. The fourth-order valence-corrected chi connectivity index (χ4v) is 2.71. The third-order valence-electron chi connectivity index (χ3n) is 4.40. The van der Waals surface area contributed by atoms with E-state index in [1.54, 1.807) is 31.4 Å². The van der Waals surface area contributed by atoms with E-state index in [1.807, 2.05) is 18.7 Å². The van der Waals surface area contributed by atoms with E-state index < -0.39 is 5.41 Å². The Kier molecular flexibility index (Phi) is 6.10. The summed E-state index contributed by atoms with van der Waals surface area (Å²) in [6, 6.07) is 7.22. The van der Waals surface area contributed by atoms with Gasteiger partial charge in [0.15, 0.2) is 0 Å². The molecule has 1 aliphatic heterocycles. The number of halogens is 1. The molecule has 0 saturated carbocycles. The maximum Gasteiger partial charge on any atom is 0.253 e. The van der Waals surface area contributed by atoms with Gasteiger partial charge in [-0.3, -0.25) is 9.59 Å². The zero-order chi connectivity index (χ0) is 17.7. The first-order chi connectivity index (χ1) is 11.4. The van der Waals surface area contributed by atoms with Crippen LogP contribution in [-0.4, -0.2) is 48.8 Å². The highest BCUT2D eigenvalue weighted by atomic mass is 35.5. The van der Waals surface area contributed by atoms with Gasteiger partial charge < -0.3 is 15.0 Å². The van der Waals surface area contributed by atoms with E-state index in [9.17, 15) is 9.59 Å². The van der Waals surface area contributed by atoms with Gasteiger partial charge in [0.05, 0.1) is 12.5 Å². The van der Waals surface area contributed by atoms with Gasteiger partial charge >= 0.3 is 0 Å². The summed E-state index contributed by atoms with van der Waals surface area (Å²) < 4.78 is 5.11. The van der Waals surface area contributed by atoms with Crippen molar-refractivity contribution in [3.8, 4) is 5.75 Å². The predicted octanol–water partition coefficient (Wildman–Crippen LogP) is 2.68. The summed E-state index contributed by atoms with van der Waals surface area (Å²) in [7, 11) is 1.60. The van der Waals surface area contributed by atoms with Crippen LogP contribution in [0.25, 0.3) is 0 Å². The first-order valence-electron chi connectivity index (χ1n) is 8.17. The molecule has 132 valence electrons. The van der Waals surface area contributed by atoms with E-state index in [0.717, 1.165) is 18.6 Å². The molecule has 0 unspecified atom stereocenters. The number of alkyl halides is 1. The molecule has 1 fully saturated rings. The van der Waals surface area contributed by atoms with Crippen molar-refractivity contribution in [1.82, 2.24) is 10.2 Å². The average Bonchev–Trinajstić information content (AvgIpc) is 2.61. The smallest absolute Gasteiger partial charge is 0.253 e. The average molecular weight is 353 g/mol. The Morgan fingerprint density at radius 1 is 1.25 bits per heavy atom. The van der Waals surface area contributed by atoms with Crippen LogP contribution in [0, 0.1) is 5.41 Å². The Bertz CT molecular complexity index is 578. The monoisotopic (exact) mass is 352 g/mol. The van der Waals surface area contributed by atoms with Crippen LogP contribution in [0.2, 0.25) is 0 Å². The number of nitrogens with one attached hydrogen (secondary N) is 1. The Morgan fingerprint density at radius 2 is 1.83 bits per heavy atom. The van der Waals surface area contributed by atoms with Crippen molar-refractivity contribution in [3.63, 3.8) is 0 Å². The maximum absolute atomic E-state index is 12.5. The van der Waals surface area contributed by atoms with Gasteiger partial charge in [0, 0.05) is 30.6 Å². The minimum atomic E-state index is -0.572. The topological polar surface area (TPSA) is 58.6 Å². The Balaban J connectivity index is 1.87. The first kappa shape index (κ1) is 18.6. The van der Waals surface area contributed by atoms with Crippen LogP contribution in [-0.2, 0) is 4.79 Å². The SMILES string of the molecule is COc1ccc(C(=O)N2CCC(NC(=O)C(C)(C)CCl)CC2)cc1. The summed E-state index contributed by atoms with van der Waals surface area (Å²) >= 11 is 5.84. The number of nitrogens with zero attached hydrogens (tertiary/aromatic N) is 1. The summed E-state index contributed by atoms with van der Waals surface area (Å²) in [6.45, 7) is 4.93. The van der Waals surface area contributed by atoms with Crippen LogP contribution in [0.5, 0.6) is 5.75 Å². The number of likely N-dealkylation sites (tertiary alicyclic amines) is 1. The number of methoxy groups -OCH3 is 1. The zero-order valence-corrected chi connectivity index (χ0v) is 15.2. The van der Waals surface area contributed by atoms with E-state index in [1.165, 1.54) is 0 Å². The van der Waals surface area contributed by atoms with Gasteiger partial charge in [-0.25, -0.2) is 0 Å². The molecule has 0 aliphatic carbocycles. The van der Waals surface area contributed by atoms with Crippen LogP contribution < -0.4 is 10.1 Å². The molecule has 2 rings (SSSR count). The molecule has 6 heteroatoms. The second-order valence-corrected chi connectivity index (χ2v) is 7.05. The molecule has 24 heavy (non-hydrogen) atoms. The standard InChI is InChI=1S/C18H25ClN2O3/c1-18(2,12-19)17(23)20-14-8-10-21(11-9-14)16(22)13-4-6-15(24-3)7-5-13/h4-7,14H,8-12H2,1-3H3,(H,20,23). The zero-order valence-electron chi connectivity index (χ0n) is 14.5. The van der Waals surface area contributed by atoms with Crippen molar-refractivity contribution in [2.75, 3.05) is 26.1 Å². The quantitative estimate of drug-likeness (QED) is 0.829. The Labute approximate surface area is 148 Å². The number of amides is 2. The Morgan fingerprint density at radius 3 is 2.33 bits per heavy atom. The molecule has 1 aliphatic rings. The van der Waals surface area contributed by atoms with E-state index in [2.05, 4.69) is 5.32 Å². The van der Waals surface area contributed by atoms with Gasteiger partial charge in [-0.1, -0.05) is 0 Å². The van der Waals surface area contributed by atoms with Crippen LogP contribution >= 0.6 is 11.6 Å². The van der Waals surface area contributed by atoms with Gasteiger partial charge in [0.1, 0.15) is 5.75 Å². The van der Waals surface area contributed by atoms with Crippen molar-refractivity contribution in [1.29, 1.82) is 0 Å². The lowest BCUT2D eigenvalue weighted by Crippen LogP contribution is -2.49. The van der Waals surface area contributed by atoms with Crippen molar-refractivity contribution >= 4 is 23.4 Å². The molecule has 1 aromatic rings. The molecule has 0 radical (unpaired) electrons. The molecular formula is C18H25ClN2O3. The van der Waals surface area contributed by atoms with Crippen LogP contribution in [0.4, 0.5) is 0 Å². The van der Waals surface area contributed by atoms with Crippen LogP contribution in [0.15, 0.2) is 24.3 Å². The van der Waals surface area contributed by atoms with Gasteiger partial charge in [-0.15, -0.1) is 11.6 Å². The number of carbonyl (C=O) groups excluding carboxylic acids is 2. The minimum Gasteiger partial charge on any atom is -0.497 e. The molecule has 0 bridgehead atoms.